The largest absolute Gasteiger partial charge is 0.390 e. The second kappa shape index (κ2) is 2.37. The predicted molar refractivity (Wildman–Crippen MR) is 56.8 cm³/mol. The van der Waals surface area contributed by atoms with E-state index in [9.17, 15) is 5.11 Å². The topological polar surface area (TPSA) is 20.2 Å². The Kier molecular flexibility index (Phi) is 1.56. The van der Waals surface area contributed by atoms with Crippen molar-refractivity contribution >= 4 is 0 Å². The molecule has 1 nitrogen and oxygen atoms in total. The van der Waals surface area contributed by atoms with E-state index >= 15 is 0 Å². The summed E-state index contributed by atoms with van der Waals surface area (Å²) < 4.78 is 0. The second-order valence-electron chi connectivity index (χ2n) is 6.51. The van der Waals surface area contributed by atoms with Crippen molar-refractivity contribution in [2.45, 2.75) is 52.1 Å². The maximum absolute atomic E-state index is 10.5. The Morgan fingerprint density at radius 3 is 2.64 bits per heavy atom. The molecule has 0 heterocycles. The van der Waals surface area contributed by atoms with Crippen molar-refractivity contribution in [1.29, 1.82) is 0 Å². The van der Waals surface area contributed by atoms with Gasteiger partial charge in [0.25, 0.3) is 0 Å². The van der Waals surface area contributed by atoms with Crippen LogP contribution in [-0.4, -0.2) is 10.7 Å². The van der Waals surface area contributed by atoms with E-state index in [4.69, 9.17) is 0 Å². The monoisotopic (exact) mass is 194 g/mol. The predicted octanol–water partition coefficient (Wildman–Crippen LogP) is 2.83. The summed E-state index contributed by atoms with van der Waals surface area (Å²) in [7, 11) is 0. The molecule has 14 heavy (non-hydrogen) atoms. The van der Waals surface area contributed by atoms with Crippen molar-refractivity contribution in [2.24, 2.45) is 29.1 Å². The van der Waals surface area contributed by atoms with Crippen molar-refractivity contribution in [3.8, 4) is 0 Å². The minimum absolute atomic E-state index is 0.361. The first kappa shape index (κ1) is 9.21. The maximum atomic E-state index is 10.5. The first-order valence-electron chi connectivity index (χ1n) is 6.20. The fourth-order valence-corrected chi connectivity index (χ4v) is 5.50. The summed E-state index contributed by atoms with van der Waals surface area (Å²) in [6, 6.07) is 0. The van der Waals surface area contributed by atoms with E-state index in [-0.39, 0.29) is 5.60 Å². The quantitative estimate of drug-likeness (QED) is 0.628. The zero-order valence-corrected chi connectivity index (χ0v) is 9.59. The van der Waals surface area contributed by atoms with Crippen LogP contribution in [-0.2, 0) is 0 Å². The fourth-order valence-electron chi connectivity index (χ4n) is 5.50. The molecule has 0 aromatic rings. The van der Waals surface area contributed by atoms with Crippen LogP contribution in [0.5, 0.6) is 0 Å². The van der Waals surface area contributed by atoms with Crippen molar-refractivity contribution in [3.63, 3.8) is 0 Å². The van der Waals surface area contributed by atoms with E-state index in [1.165, 1.54) is 19.3 Å². The van der Waals surface area contributed by atoms with Gasteiger partial charge in [0.1, 0.15) is 0 Å². The van der Waals surface area contributed by atoms with E-state index in [2.05, 4.69) is 20.8 Å². The van der Waals surface area contributed by atoms with E-state index in [1.54, 1.807) is 0 Å². The molecule has 3 rings (SSSR count). The third-order valence-corrected chi connectivity index (χ3v) is 5.92. The summed E-state index contributed by atoms with van der Waals surface area (Å²) >= 11 is 0. The van der Waals surface area contributed by atoms with Gasteiger partial charge in [0, 0.05) is 0 Å². The average Bonchev–Trinajstić information content (AvgIpc) is 2.50. The van der Waals surface area contributed by atoms with Crippen LogP contribution in [0.25, 0.3) is 0 Å². The van der Waals surface area contributed by atoms with Crippen LogP contribution in [0.2, 0.25) is 0 Å². The minimum atomic E-state index is -0.361. The third-order valence-electron chi connectivity index (χ3n) is 5.92. The van der Waals surface area contributed by atoms with Gasteiger partial charge in [-0.15, -0.1) is 0 Å². The lowest BCUT2D eigenvalue weighted by atomic mass is 9.46. The Morgan fingerprint density at radius 2 is 1.93 bits per heavy atom. The van der Waals surface area contributed by atoms with Gasteiger partial charge in [0.2, 0.25) is 0 Å². The van der Waals surface area contributed by atoms with E-state index in [0.29, 0.717) is 11.3 Å². The third kappa shape index (κ3) is 0.778. The number of hydrogen-bond acceptors (Lipinski definition) is 1. The van der Waals surface area contributed by atoms with Gasteiger partial charge in [-0.3, -0.25) is 0 Å². The Morgan fingerprint density at radius 1 is 1.21 bits per heavy atom. The Labute approximate surface area is 86.9 Å². The highest BCUT2D eigenvalue weighted by atomic mass is 16.3. The SMILES string of the molecule is CC1CC(C)(O)C2C3CCCC3C12C. The van der Waals surface area contributed by atoms with E-state index < -0.39 is 0 Å². The molecule has 3 fully saturated rings. The van der Waals surface area contributed by atoms with Crippen molar-refractivity contribution in [2.75, 3.05) is 0 Å². The summed E-state index contributed by atoms with van der Waals surface area (Å²) in [4.78, 5) is 0. The lowest BCUT2D eigenvalue weighted by molar-refractivity contribution is -0.155. The molecule has 0 aromatic carbocycles. The normalized spacial score (nSPS) is 66.0. The van der Waals surface area contributed by atoms with Crippen LogP contribution < -0.4 is 0 Å². The van der Waals surface area contributed by atoms with Crippen molar-refractivity contribution in [3.05, 3.63) is 0 Å². The van der Waals surface area contributed by atoms with Crippen LogP contribution in [0.1, 0.15) is 46.5 Å². The Balaban J connectivity index is 2.00. The van der Waals surface area contributed by atoms with Crippen LogP contribution in [0, 0.1) is 29.1 Å². The van der Waals surface area contributed by atoms with Gasteiger partial charge < -0.3 is 5.11 Å². The molecular weight excluding hydrogens is 172 g/mol. The number of hydrogen-bond donors (Lipinski definition) is 1. The number of fused-ring (bicyclic) bond motifs is 4. The van der Waals surface area contributed by atoms with Gasteiger partial charge in [0.15, 0.2) is 0 Å². The summed E-state index contributed by atoms with van der Waals surface area (Å²) in [5.74, 6) is 3.13. The van der Waals surface area contributed by atoms with Crippen LogP contribution in [0.3, 0.4) is 0 Å². The molecule has 3 aliphatic rings. The van der Waals surface area contributed by atoms with E-state index in [0.717, 1.165) is 24.2 Å². The molecule has 0 amide bonds. The molecule has 1 heteroatoms. The lowest BCUT2D eigenvalue weighted by Gasteiger charge is -2.59. The van der Waals surface area contributed by atoms with Gasteiger partial charge in [0.05, 0.1) is 5.60 Å². The summed E-state index contributed by atoms with van der Waals surface area (Å²) in [5.41, 5.74) is 0.115. The molecule has 0 spiro atoms. The van der Waals surface area contributed by atoms with Gasteiger partial charge >= 0.3 is 0 Å². The molecule has 6 atom stereocenters. The highest BCUT2D eigenvalue weighted by Crippen LogP contribution is 2.73. The Bertz CT molecular complexity index is 270. The van der Waals surface area contributed by atoms with Gasteiger partial charge in [-0.2, -0.15) is 0 Å². The zero-order chi connectivity index (χ0) is 10.1. The lowest BCUT2D eigenvalue weighted by Crippen LogP contribution is -2.57. The second-order valence-corrected chi connectivity index (χ2v) is 6.51. The average molecular weight is 194 g/mol. The molecule has 0 saturated heterocycles. The van der Waals surface area contributed by atoms with Gasteiger partial charge in [-0.05, 0) is 55.3 Å². The molecule has 80 valence electrons. The van der Waals surface area contributed by atoms with Gasteiger partial charge in [-0.25, -0.2) is 0 Å². The summed E-state index contributed by atoms with van der Waals surface area (Å²) in [6.45, 7) is 6.87. The number of aliphatic hydroxyl groups is 1. The Hall–Kier alpha value is -0.0400. The summed E-state index contributed by atoms with van der Waals surface area (Å²) in [5, 5.41) is 10.5. The van der Waals surface area contributed by atoms with Gasteiger partial charge in [-0.1, -0.05) is 20.3 Å². The first-order chi connectivity index (χ1) is 6.48. The number of rotatable bonds is 0. The van der Waals surface area contributed by atoms with Crippen molar-refractivity contribution in [1.82, 2.24) is 0 Å². The van der Waals surface area contributed by atoms with Crippen LogP contribution in [0.15, 0.2) is 0 Å². The molecule has 3 aliphatic carbocycles. The molecule has 0 bridgehead atoms. The molecule has 3 saturated carbocycles. The molecular formula is C13H22O. The smallest absolute Gasteiger partial charge is 0.0658 e. The summed E-state index contributed by atoms with van der Waals surface area (Å²) in [6.07, 6.45) is 5.25. The van der Waals surface area contributed by atoms with Crippen LogP contribution in [0.4, 0.5) is 0 Å². The van der Waals surface area contributed by atoms with Crippen LogP contribution >= 0.6 is 0 Å². The fraction of sp³-hybridized carbons (Fsp3) is 1.00. The molecule has 0 aliphatic heterocycles. The zero-order valence-electron chi connectivity index (χ0n) is 9.59. The standard InChI is InChI=1S/C13H22O/c1-8-7-12(2,14)11-9-5-4-6-10(9)13(8,11)3/h8-11,14H,4-7H2,1-3H3. The minimum Gasteiger partial charge on any atom is -0.390 e. The maximum Gasteiger partial charge on any atom is 0.0658 e. The highest BCUT2D eigenvalue weighted by molar-refractivity contribution is 5.19. The highest BCUT2D eigenvalue weighted by Gasteiger charge is 2.71. The molecule has 0 aromatic heterocycles. The van der Waals surface area contributed by atoms with Crippen molar-refractivity contribution < 1.29 is 5.11 Å². The molecule has 0 radical (unpaired) electrons. The molecule has 6 unspecified atom stereocenters. The first-order valence-corrected chi connectivity index (χ1v) is 6.20. The molecule has 1 N–H and O–H groups in total. The van der Waals surface area contributed by atoms with E-state index in [1.807, 2.05) is 0 Å².